The van der Waals surface area contributed by atoms with Gasteiger partial charge in [-0.05, 0) is 28.9 Å². The van der Waals surface area contributed by atoms with Crippen molar-refractivity contribution in [3.8, 4) is 0 Å². The zero-order chi connectivity index (χ0) is 13.3. The van der Waals surface area contributed by atoms with E-state index >= 15 is 0 Å². The molecule has 0 fully saturated rings. The van der Waals surface area contributed by atoms with Crippen molar-refractivity contribution >= 4 is 15.9 Å². The fourth-order valence-corrected chi connectivity index (χ4v) is 1.89. The van der Waals surface area contributed by atoms with E-state index in [9.17, 15) is 13.6 Å². The van der Waals surface area contributed by atoms with Crippen LogP contribution in [0.15, 0.2) is 33.7 Å². The molecule has 0 N–H and O–H groups in total. The Balaban J connectivity index is 2.50. The minimum Gasteiger partial charge on any atom is -0.291 e. The molecule has 2 aromatic rings. The highest BCUT2D eigenvalue weighted by Gasteiger charge is 2.11. The minimum atomic E-state index is -0.941. The fourth-order valence-electron chi connectivity index (χ4n) is 1.58. The molecule has 0 radical (unpaired) electrons. The van der Waals surface area contributed by atoms with E-state index in [2.05, 4.69) is 20.9 Å². The first kappa shape index (κ1) is 12.9. The molecule has 94 valence electrons. The Hall–Kier alpha value is -1.56. The second-order valence-corrected chi connectivity index (χ2v) is 4.61. The van der Waals surface area contributed by atoms with Crippen LogP contribution in [0.25, 0.3) is 0 Å². The molecule has 18 heavy (non-hydrogen) atoms. The first-order valence-electron chi connectivity index (χ1n) is 5.15. The smallest absolute Gasteiger partial charge is 0.268 e. The van der Waals surface area contributed by atoms with Gasteiger partial charge in [0.05, 0.1) is 6.54 Å². The highest BCUT2D eigenvalue weighted by atomic mass is 79.9. The summed E-state index contributed by atoms with van der Waals surface area (Å²) in [7, 11) is 0. The molecule has 2 rings (SSSR count). The van der Waals surface area contributed by atoms with Crippen molar-refractivity contribution in [3.63, 3.8) is 0 Å². The predicted molar refractivity (Wildman–Crippen MR) is 66.4 cm³/mol. The van der Waals surface area contributed by atoms with Crippen molar-refractivity contribution in [2.24, 2.45) is 0 Å². The summed E-state index contributed by atoms with van der Waals surface area (Å²) in [6.45, 7) is 1.58. The fraction of sp³-hybridized carbons (Fsp3) is 0.167. The summed E-state index contributed by atoms with van der Waals surface area (Å²) in [5.41, 5.74) is -0.216. The van der Waals surface area contributed by atoms with Crippen molar-refractivity contribution in [1.82, 2.24) is 9.55 Å². The number of halogens is 3. The summed E-state index contributed by atoms with van der Waals surface area (Å²) in [4.78, 5) is 15.8. The van der Waals surface area contributed by atoms with Gasteiger partial charge in [0.2, 0.25) is 0 Å². The average Bonchev–Trinajstić information content (AvgIpc) is 2.35. The van der Waals surface area contributed by atoms with Gasteiger partial charge in [-0.3, -0.25) is 9.36 Å². The van der Waals surface area contributed by atoms with E-state index in [1.54, 1.807) is 6.92 Å². The topological polar surface area (TPSA) is 34.9 Å². The normalized spacial score (nSPS) is 10.7. The number of benzene rings is 1. The molecule has 0 unspecified atom stereocenters. The van der Waals surface area contributed by atoms with Gasteiger partial charge in [-0.25, -0.2) is 13.8 Å². The number of hydrogen-bond donors (Lipinski definition) is 0. The summed E-state index contributed by atoms with van der Waals surface area (Å²) in [6, 6.07) is 3.87. The lowest BCUT2D eigenvalue weighted by molar-refractivity contribution is 0.493. The SMILES string of the molecule is Cc1ncc(Br)c(=O)n1Cc1cccc(F)c1F. The lowest BCUT2D eigenvalue weighted by Crippen LogP contribution is -2.25. The van der Waals surface area contributed by atoms with Gasteiger partial charge >= 0.3 is 0 Å². The van der Waals surface area contributed by atoms with Gasteiger partial charge < -0.3 is 0 Å². The molecule has 6 heteroatoms. The average molecular weight is 315 g/mol. The van der Waals surface area contributed by atoms with Gasteiger partial charge in [-0.1, -0.05) is 12.1 Å². The van der Waals surface area contributed by atoms with E-state index in [0.717, 1.165) is 6.07 Å². The number of nitrogens with zero attached hydrogens (tertiary/aromatic N) is 2. The molecule has 0 bridgehead atoms. The van der Waals surface area contributed by atoms with E-state index in [1.165, 1.54) is 22.9 Å². The van der Waals surface area contributed by atoms with Crippen LogP contribution >= 0.6 is 15.9 Å². The standard InChI is InChI=1S/C12H9BrF2N2O/c1-7-16-5-9(13)12(18)17(7)6-8-3-2-4-10(14)11(8)15/h2-5H,6H2,1H3. The van der Waals surface area contributed by atoms with Crippen LogP contribution in [0.1, 0.15) is 11.4 Å². The Morgan fingerprint density at radius 2 is 2.11 bits per heavy atom. The lowest BCUT2D eigenvalue weighted by Gasteiger charge is -2.10. The molecule has 0 spiro atoms. The summed E-state index contributed by atoms with van der Waals surface area (Å²) in [5, 5.41) is 0. The zero-order valence-corrected chi connectivity index (χ0v) is 11.0. The third kappa shape index (κ3) is 2.33. The second-order valence-electron chi connectivity index (χ2n) is 3.76. The molecule has 3 nitrogen and oxygen atoms in total. The van der Waals surface area contributed by atoms with Gasteiger partial charge in [0.1, 0.15) is 10.3 Å². The molecule has 0 saturated carbocycles. The molecule has 0 aliphatic rings. The molecule has 1 heterocycles. The predicted octanol–water partition coefficient (Wildman–Crippen LogP) is 2.64. The number of hydrogen-bond acceptors (Lipinski definition) is 2. The molecule has 0 aliphatic heterocycles. The van der Waals surface area contributed by atoms with Crippen LogP contribution in [0.3, 0.4) is 0 Å². The Bertz CT molecular complexity index is 655. The van der Waals surface area contributed by atoms with Crippen molar-refractivity contribution in [2.45, 2.75) is 13.5 Å². The molecule has 0 aliphatic carbocycles. The minimum absolute atomic E-state index is 0.0549. The largest absolute Gasteiger partial charge is 0.291 e. The van der Waals surface area contributed by atoms with Crippen LogP contribution in [0.2, 0.25) is 0 Å². The van der Waals surface area contributed by atoms with Gasteiger partial charge in [-0.2, -0.15) is 0 Å². The molecule has 1 aromatic carbocycles. The maximum atomic E-state index is 13.5. The molecular formula is C12H9BrF2N2O. The van der Waals surface area contributed by atoms with Crippen molar-refractivity contribution in [1.29, 1.82) is 0 Å². The van der Waals surface area contributed by atoms with E-state index in [1.807, 2.05) is 0 Å². The van der Waals surface area contributed by atoms with Crippen LogP contribution in [-0.4, -0.2) is 9.55 Å². The Kier molecular flexibility index (Phi) is 3.56. The maximum Gasteiger partial charge on any atom is 0.268 e. The van der Waals surface area contributed by atoms with E-state index in [0.29, 0.717) is 5.82 Å². The Morgan fingerprint density at radius 1 is 1.39 bits per heavy atom. The monoisotopic (exact) mass is 314 g/mol. The first-order chi connectivity index (χ1) is 8.50. The third-order valence-electron chi connectivity index (χ3n) is 2.56. The molecular weight excluding hydrogens is 306 g/mol. The molecule has 0 atom stereocenters. The second kappa shape index (κ2) is 4.97. The zero-order valence-electron chi connectivity index (χ0n) is 9.45. The Morgan fingerprint density at radius 3 is 2.83 bits per heavy atom. The lowest BCUT2D eigenvalue weighted by atomic mass is 10.2. The maximum absolute atomic E-state index is 13.5. The van der Waals surface area contributed by atoms with Gasteiger partial charge in [0, 0.05) is 11.8 Å². The third-order valence-corrected chi connectivity index (χ3v) is 3.11. The summed E-state index contributed by atoms with van der Waals surface area (Å²) < 4.78 is 28.2. The number of aryl methyl sites for hydroxylation is 1. The first-order valence-corrected chi connectivity index (χ1v) is 5.95. The number of aromatic nitrogens is 2. The van der Waals surface area contributed by atoms with E-state index in [-0.39, 0.29) is 22.1 Å². The van der Waals surface area contributed by atoms with E-state index in [4.69, 9.17) is 0 Å². The molecule has 0 saturated heterocycles. The quantitative estimate of drug-likeness (QED) is 0.854. The van der Waals surface area contributed by atoms with Gasteiger partial charge in [0.25, 0.3) is 5.56 Å². The summed E-state index contributed by atoms with van der Waals surface area (Å²) in [6.07, 6.45) is 1.39. The van der Waals surface area contributed by atoms with Gasteiger partial charge in [0.15, 0.2) is 11.6 Å². The molecule has 0 amide bonds. The van der Waals surface area contributed by atoms with E-state index < -0.39 is 11.6 Å². The van der Waals surface area contributed by atoms with Crippen molar-refractivity contribution in [2.75, 3.05) is 0 Å². The summed E-state index contributed by atoms with van der Waals surface area (Å²) in [5.74, 6) is -1.43. The van der Waals surface area contributed by atoms with Crippen LogP contribution in [0.5, 0.6) is 0 Å². The molecule has 1 aromatic heterocycles. The van der Waals surface area contributed by atoms with Crippen LogP contribution in [0.4, 0.5) is 8.78 Å². The summed E-state index contributed by atoms with van der Waals surface area (Å²) >= 11 is 3.06. The van der Waals surface area contributed by atoms with Crippen molar-refractivity contribution < 1.29 is 8.78 Å². The van der Waals surface area contributed by atoms with Crippen LogP contribution in [-0.2, 0) is 6.54 Å². The van der Waals surface area contributed by atoms with Crippen LogP contribution < -0.4 is 5.56 Å². The highest BCUT2D eigenvalue weighted by molar-refractivity contribution is 9.10. The highest BCUT2D eigenvalue weighted by Crippen LogP contribution is 2.13. The van der Waals surface area contributed by atoms with Crippen molar-refractivity contribution in [3.05, 3.63) is 62.2 Å². The van der Waals surface area contributed by atoms with Gasteiger partial charge in [-0.15, -0.1) is 0 Å². The Labute approximate surface area is 110 Å². The number of rotatable bonds is 2. The van der Waals surface area contributed by atoms with Crippen LogP contribution in [0, 0.1) is 18.6 Å².